The van der Waals surface area contributed by atoms with E-state index in [0.29, 0.717) is 32.5 Å². The molecule has 7 nitrogen and oxygen atoms in total. The minimum absolute atomic E-state index is 0.00206. The van der Waals surface area contributed by atoms with Crippen molar-refractivity contribution in [3.63, 3.8) is 0 Å². The van der Waals surface area contributed by atoms with Gasteiger partial charge in [-0.3, -0.25) is 4.79 Å². The minimum Gasteiger partial charge on any atom is -0.406 e. The average molecular weight is 436 g/mol. The molecule has 0 radical (unpaired) electrons. The van der Waals surface area contributed by atoms with Crippen molar-refractivity contribution in [2.45, 2.75) is 37.1 Å². The smallest absolute Gasteiger partial charge is 0.406 e. The number of sulfonamides is 1. The molecule has 11 heteroatoms. The van der Waals surface area contributed by atoms with Crippen LogP contribution in [0.3, 0.4) is 0 Å². The van der Waals surface area contributed by atoms with E-state index in [-0.39, 0.29) is 35.9 Å². The summed E-state index contributed by atoms with van der Waals surface area (Å²) in [5, 5.41) is 0. The van der Waals surface area contributed by atoms with Crippen molar-refractivity contribution in [3.05, 3.63) is 24.3 Å². The number of halogens is 3. The number of nitrogens with zero attached hydrogens (tertiary/aromatic N) is 2. The fourth-order valence-corrected chi connectivity index (χ4v) is 5.11. The molecule has 162 valence electrons. The van der Waals surface area contributed by atoms with Crippen LogP contribution >= 0.6 is 0 Å². The predicted octanol–water partition coefficient (Wildman–Crippen LogP) is 2.23. The third kappa shape index (κ3) is 5.40. The van der Waals surface area contributed by atoms with E-state index in [9.17, 15) is 26.4 Å². The minimum atomic E-state index is -4.90. The number of benzene rings is 1. The molecule has 0 N–H and O–H groups in total. The van der Waals surface area contributed by atoms with Gasteiger partial charge in [0.15, 0.2) is 0 Å². The first-order valence-corrected chi connectivity index (χ1v) is 10.8. The Morgan fingerprint density at radius 1 is 1.21 bits per heavy atom. The number of carbonyl (C=O) groups is 1. The molecule has 0 spiro atoms. The summed E-state index contributed by atoms with van der Waals surface area (Å²) in [5.74, 6) is -0.866. The molecule has 1 aromatic rings. The number of amides is 1. The lowest BCUT2D eigenvalue weighted by Crippen LogP contribution is -2.49. The Labute approximate surface area is 167 Å². The van der Waals surface area contributed by atoms with Crippen LogP contribution in [0.25, 0.3) is 0 Å². The van der Waals surface area contributed by atoms with Crippen molar-refractivity contribution < 1.29 is 35.9 Å². The van der Waals surface area contributed by atoms with E-state index >= 15 is 0 Å². The van der Waals surface area contributed by atoms with Crippen molar-refractivity contribution in [2.24, 2.45) is 5.92 Å². The van der Waals surface area contributed by atoms with E-state index < -0.39 is 22.1 Å². The SMILES string of the molecule is CC1CN(C(=O)C2CCN(S(=O)(=O)c3cccc(OC(F)(F)F)c3)CC2)CCO1. The van der Waals surface area contributed by atoms with Gasteiger partial charge in [-0.05, 0) is 31.9 Å². The van der Waals surface area contributed by atoms with E-state index in [2.05, 4.69) is 4.74 Å². The number of alkyl halides is 3. The summed E-state index contributed by atoms with van der Waals surface area (Å²) in [4.78, 5) is 14.2. The number of carbonyl (C=O) groups excluding carboxylic acids is 1. The first-order chi connectivity index (χ1) is 13.6. The second-order valence-electron chi connectivity index (χ2n) is 7.17. The lowest BCUT2D eigenvalue weighted by Gasteiger charge is -2.36. The fraction of sp³-hybridized carbons (Fsp3) is 0.611. The third-order valence-corrected chi connectivity index (χ3v) is 6.93. The average Bonchev–Trinajstić information content (AvgIpc) is 2.66. The van der Waals surface area contributed by atoms with Crippen LogP contribution in [0.5, 0.6) is 5.75 Å². The summed E-state index contributed by atoms with van der Waals surface area (Å²) in [5.41, 5.74) is 0. The standard InChI is InChI=1S/C18H23F3N2O5S/c1-13-12-22(9-10-27-13)17(24)14-5-7-23(8-6-14)29(25,26)16-4-2-3-15(11-16)28-18(19,20)21/h2-4,11,13-14H,5-10,12H2,1H3. The molecule has 3 rings (SSSR count). The zero-order valence-electron chi connectivity index (χ0n) is 15.9. The van der Waals surface area contributed by atoms with Gasteiger partial charge in [0.05, 0.1) is 17.6 Å². The van der Waals surface area contributed by atoms with Crippen molar-refractivity contribution in [2.75, 3.05) is 32.8 Å². The molecule has 2 saturated heterocycles. The lowest BCUT2D eigenvalue weighted by atomic mass is 9.96. The highest BCUT2D eigenvalue weighted by Gasteiger charge is 2.36. The Morgan fingerprint density at radius 3 is 2.52 bits per heavy atom. The molecule has 2 aliphatic rings. The Kier molecular flexibility index (Phi) is 6.39. The van der Waals surface area contributed by atoms with Crippen molar-refractivity contribution in [1.82, 2.24) is 9.21 Å². The van der Waals surface area contributed by atoms with Gasteiger partial charge in [0.1, 0.15) is 5.75 Å². The largest absolute Gasteiger partial charge is 0.573 e. The van der Waals surface area contributed by atoms with Gasteiger partial charge in [0, 0.05) is 38.2 Å². The summed E-state index contributed by atoms with van der Waals surface area (Å²) in [6.45, 7) is 3.67. The van der Waals surface area contributed by atoms with Crippen LogP contribution in [0.15, 0.2) is 29.2 Å². The number of piperidine rings is 1. The number of hydrogen-bond acceptors (Lipinski definition) is 5. The molecule has 1 atom stereocenters. The first kappa shape index (κ1) is 21.8. The molecule has 29 heavy (non-hydrogen) atoms. The van der Waals surface area contributed by atoms with E-state index in [0.717, 1.165) is 12.1 Å². The lowest BCUT2D eigenvalue weighted by molar-refractivity contribution is -0.274. The molecule has 0 bridgehead atoms. The first-order valence-electron chi connectivity index (χ1n) is 9.32. The molecule has 2 fully saturated rings. The van der Waals surface area contributed by atoms with Gasteiger partial charge >= 0.3 is 6.36 Å². The topological polar surface area (TPSA) is 76.2 Å². The monoisotopic (exact) mass is 436 g/mol. The van der Waals surface area contributed by atoms with E-state index in [1.165, 1.54) is 16.4 Å². The predicted molar refractivity (Wildman–Crippen MR) is 96.6 cm³/mol. The van der Waals surface area contributed by atoms with Gasteiger partial charge < -0.3 is 14.4 Å². The van der Waals surface area contributed by atoms with E-state index in [1.807, 2.05) is 6.92 Å². The maximum absolute atomic E-state index is 12.8. The summed E-state index contributed by atoms with van der Waals surface area (Å²) in [7, 11) is -3.98. The van der Waals surface area contributed by atoms with Crippen LogP contribution in [0.4, 0.5) is 13.2 Å². The van der Waals surface area contributed by atoms with Crippen LogP contribution in [-0.2, 0) is 19.6 Å². The Hall–Kier alpha value is -1.85. The maximum atomic E-state index is 12.8. The van der Waals surface area contributed by atoms with E-state index in [4.69, 9.17) is 4.74 Å². The van der Waals surface area contributed by atoms with Crippen molar-refractivity contribution in [1.29, 1.82) is 0 Å². The zero-order chi connectivity index (χ0) is 21.2. The van der Waals surface area contributed by atoms with Crippen LogP contribution < -0.4 is 4.74 Å². The summed E-state index contributed by atoms with van der Waals surface area (Å²) >= 11 is 0. The summed E-state index contributed by atoms with van der Waals surface area (Å²) in [6, 6.07) is 4.32. The molecule has 1 unspecified atom stereocenters. The van der Waals surface area contributed by atoms with Crippen LogP contribution in [0.1, 0.15) is 19.8 Å². The quantitative estimate of drug-likeness (QED) is 0.724. The molecule has 2 aliphatic heterocycles. The number of hydrogen-bond donors (Lipinski definition) is 0. The van der Waals surface area contributed by atoms with Gasteiger partial charge in [-0.15, -0.1) is 13.2 Å². The van der Waals surface area contributed by atoms with Gasteiger partial charge in [-0.2, -0.15) is 4.31 Å². The van der Waals surface area contributed by atoms with Crippen molar-refractivity contribution in [3.8, 4) is 5.75 Å². The number of rotatable bonds is 4. The highest BCUT2D eigenvalue weighted by Crippen LogP contribution is 2.29. The number of morpholine rings is 1. The number of ether oxygens (including phenoxy) is 2. The molecule has 2 heterocycles. The molecular formula is C18H23F3N2O5S. The Morgan fingerprint density at radius 2 is 1.90 bits per heavy atom. The fourth-order valence-electron chi connectivity index (χ4n) is 3.60. The van der Waals surface area contributed by atoms with Gasteiger partial charge in [-0.25, -0.2) is 8.42 Å². The second-order valence-corrected chi connectivity index (χ2v) is 9.10. The maximum Gasteiger partial charge on any atom is 0.573 e. The Balaban J connectivity index is 1.64. The van der Waals surface area contributed by atoms with Gasteiger partial charge in [-0.1, -0.05) is 6.07 Å². The molecule has 0 saturated carbocycles. The van der Waals surface area contributed by atoms with Crippen LogP contribution in [0.2, 0.25) is 0 Å². The zero-order valence-corrected chi connectivity index (χ0v) is 16.7. The van der Waals surface area contributed by atoms with Crippen LogP contribution in [-0.4, -0.2) is 68.8 Å². The molecule has 1 aromatic carbocycles. The van der Waals surface area contributed by atoms with Gasteiger partial charge in [0.2, 0.25) is 15.9 Å². The third-order valence-electron chi connectivity index (χ3n) is 5.03. The summed E-state index contributed by atoms with van der Waals surface area (Å²) < 4.78 is 73.2. The highest BCUT2D eigenvalue weighted by molar-refractivity contribution is 7.89. The van der Waals surface area contributed by atoms with Crippen molar-refractivity contribution >= 4 is 15.9 Å². The van der Waals surface area contributed by atoms with Crippen LogP contribution in [0, 0.1) is 5.92 Å². The van der Waals surface area contributed by atoms with E-state index in [1.54, 1.807) is 4.90 Å². The molecule has 0 aliphatic carbocycles. The normalized spacial score (nSPS) is 22.5. The summed E-state index contributed by atoms with van der Waals surface area (Å²) in [6.07, 6.45) is -4.21. The highest BCUT2D eigenvalue weighted by atomic mass is 32.2. The Bertz CT molecular complexity index is 838. The second kappa shape index (κ2) is 8.49. The molecule has 1 amide bonds. The molecular weight excluding hydrogens is 413 g/mol. The molecule has 0 aromatic heterocycles. The van der Waals surface area contributed by atoms with Gasteiger partial charge in [0.25, 0.3) is 0 Å².